The van der Waals surface area contributed by atoms with Gasteiger partial charge in [-0.1, -0.05) is 24.3 Å². The van der Waals surface area contributed by atoms with Gasteiger partial charge in [-0.2, -0.15) is 0 Å². The summed E-state index contributed by atoms with van der Waals surface area (Å²) in [5, 5.41) is 7.56. The number of ether oxygens (including phenoxy) is 1. The molecule has 3 rings (SSSR count). The fraction of sp³-hybridized carbons (Fsp3) is 0.176. The van der Waals surface area contributed by atoms with Gasteiger partial charge >= 0.3 is 0 Å². The number of nitrogens with zero attached hydrogens (tertiary/aromatic N) is 1. The van der Waals surface area contributed by atoms with Gasteiger partial charge in [-0.3, -0.25) is 4.79 Å². The van der Waals surface area contributed by atoms with Crippen LogP contribution in [0.3, 0.4) is 0 Å². The maximum Gasteiger partial charge on any atom is 0.270 e. The van der Waals surface area contributed by atoms with E-state index in [1.165, 1.54) is 11.3 Å². The quantitative estimate of drug-likeness (QED) is 0.657. The lowest BCUT2D eigenvalue weighted by Crippen LogP contribution is -2.25. The van der Waals surface area contributed by atoms with Crippen LogP contribution in [0.4, 0.5) is 0 Å². The summed E-state index contributed by atoms with van der Waals surface area (Å²) < 4.78 is 5.58. The molecule has 6 heteroatoms. The van der Waals surface area contributed by atoms with Crippen molar-refractivity contribution in [3.05, 3.63) is 58.9 Å². The van der Waals surface area contributed by atoms with Gasteiger partial charge in [0.1, 0.15) is 16.5 Å². The number of hydrogen-bond donors (Lipinski definition) is 1. The summed E-state index contributed by atoms with van der Waals surface area (Å²) in [5.74, 6) is 0.711. The van der Waals surface area contributed by atoms with Crippen molar-refractivity contribution in [2.45, 2.75) is 6.42 Å². The van der Waals surface area contributed by atoms with Crippen LogP contribution in [0, 0.1) is 0 Å². The molecule has 0 spiro atoms. The zero-order chi connectivity index (χ0) is 15.9. The Labute approximate surface area is 142 Å². The largest absolute Gasteiger partial charge is 0.494 e. The van der Waals surface area contributed by atoms with Gasteiger partial charge in [0.15, 0.2) is 0 Å². The van der Waals surface area contributed by atoms with Gasteiger partial charge in [0.25, 0.3) is 5.91 Å². The van der Waals surface area contributed by atoms with E-state index in [0.717, 1.165) is 22.1 Å². The van der Waals surface area contributed by atoms with Gasteiger partial charge < -0.3 is 10.1 Å². The first-order valence-corrected chi connectivity index (χ1v) is 9.04. The van der Waals surface area contributed by atoms with Crippen LogP contribution in [-0.4, -0.2) is 24.0 Å². The first-order valence-electron chi connectivity index (χ1n) is 7.28. The number of nitrogens with one attached hydrogen (secondary N) is 1. The first-order chi connectivity index (χ1) is 11.3. The first kappa shape index (κ1) is 15.7. The van der Waals surface area contributed by atoms with Crippen LogP contribution in [0.15, 0.2) is 53.2 Å². The van der Waals surface area contributed by atoms with Gasteiger partial charge in [0.2, 0.25) is 0 Å². The second-order valence-corrected chi connectivity index (χ2v) is 6.59. The molecule has 0 saturated carbocycles. The highest BCUT2D eigenvalue weighted by Gasteiger charge is 2.11. The van der Waals surface area contributed by atoms with Gasteiger partial charge in [-0.05, 0) is 30.0 Å². The summed E-state index contributed by atoms with van der Waals surface area (Å²) in [6.45, 7) is 1.14. The Balaban J connectivity index is 1.41. The lowest BCUT2D eigenvalue weighted by Gasteiger charge is -2.06. The van der Waals surface area contributed by atoms with Crippen molar-refractivity contribution >= 4 is 28.6 Å². The van der Waals surface area contributed by atoms with Crippen molar-refractivity contribution in [3.8, 4) is 15.6 Å². The van der Waals surface area contributed by atoms with Crippen molar-refractivity contribution < 1.29 is 9.53 Å². The van der Waals surface area contributed by atoms with E-state index in [-0.39, 0.29) is 5.91 Å². The van der Waals surface area contributed by atoms with Crippen molar-refractivity contribution in [2.24, 2.45) is 0 Å². The molecule has 0 fully saturated rings. The third-order valence-electron chi connectivity index (χ3n) is 3.09. The van der Waals surface area contributed by atoms with E-state index in [0.29, 0.717) is 18.8 Å². The van der Waals surface area contributed by atoms with Crippen LogP contribution in [0.5, 0.6) is 5.75 Å². The standard InChI is InChI=1S/C17H16N2O2S2/c20-16(14-12-23-17(19-14)15-8-4-11-22-15)18-9-5-10-21-13-6-2-1-3-7-13/h1-4,6-8,11-12H,5,9-10H2,(H,18,20). The van der Waals surface area contributed by atoms with Crippen LogP contribution >= 0.6 is 22.7 Å². The zero-order valence-corrected chi connectivity index (χ0v) is 14.0. The second-order valence-electron chi connectivity index (χ2n) is 4.79. The number of thiazole rings is 1. The number of aromatic nitrogens is 1. The van der Waals surface area contributed by atoms with Gasteiger partial charge in [0, 0.05) is 11.9 Å². The Kier molecular flexibility index (Phi) is 5.39. The highest BCUT2D eigenvalue weighted by molar-refractivity contribution is 7.20. The van der Waals surface area contributed by atoms with Crippen molar-refractivity contribution in [3.63, 3.8) is 0 Å². The predicted octanol–water partition coefficient (Wildman–Crippen LogP) is 4.07. The number of hydrogen-bond acceptors (Lipinski definition) is 5. The Morgan fingerprint density at radius 2 is 2.00 bits per heavy atom. The Hall–Kier alpha value is -2.18. The molecule has 23 heavy (non-hydrogen) atoms. The smallest absolute Gasteiger partial charge is 0.270 e. The minimum atomic E-state index is -0.135. The molecule has 0 aliphatic heterocycles. The summed E-state index contributed by atoms with van der Waals surface area (Å²) in [7, 11) is 0. The third kappa shape index (κ3) is 4.40. The van der Waals surface area contributed by atoms with E-state index in [2.05, 4.69) is 10.3 Å². The topological polar surface area (TPSA) is 51.2 Å². The normalized spacial score (nSPS) is 10.4. The number of para-hydroxylation sites is 1. The lowest BCUT2D eigenvalue weighted by atomic mass is 10.3. The molecule has 0 saturated heterocycles. The molecular formula is C17H16N2O2S2. The minimum absolute atomic E-state index is 0.135. The van der Waals surface area contributed by atoms with Crippen molar-refractivity contribution in [1.82, 2.24) is 10.3 Å². The molecule has 0 unspecified atom stereocenters. The summed E-state index contributed by atoms with van der Waals surface area (Å²) in [5.41, 5.74) is 0.474. The summed E-state index contributed by atoms with van der Waals surface area (Å²) in [6, 6.07) is 13.6. The van der Waals surface area contributed by atoms with Gasteiger partial charge in [-0.25, -0.2) is 4.98 Å². The highest BCUT2D eigenvalue weighted by atomic mass is 32.1. The molecule has 0 atom stereocenters. The lowest BCUT2D eigenvalue weighted by molar-refractivity contribution is 0.0947. The Bertz CT molecular complexity index is 739. The molecule has 0 radical (unpaired) electrons. The molecule has 0 aliphatic carbocycles. The molecule has 1 N–H and O–H groups in total. The van der Waals surface area contributed by atoms with Crippen molar-refractivity contribution in [1.29, 1.82) is 0 Å². The maximum absolute atomic E-state index is 12.1. The van der Waals surface area contributed by atoms with Gasteiger partial charge in [0.05, 0.1) is 11.5 Å². The average Bonchev–Trinajstić information content (AvgIpc) is 3.26. The van der Waals surface area contributed by atoms with Crippen molar-refractivity contribution in [2.75, 3.05) is 13.2 Å². The number of thiophene rings is 1. The van der Waals surface area contributed by atoms with Crippen LogP contribution in [0.1, 0.15) is 16.9 Å². The zero-order valence-electron chi connectivity index (χ0n) is 12.4. The third-order valence-corrected chi connectivity index (χ3v) is 4.97. The fourth-order valence-corrected chi connectivity index (χ4v) is 3.58. The van der Waals surface area contributed by atoms with E-state index >= 15 is 0 Å². The maximum atomic E-state index is 12.1. The molecule has 0 aliphatic rings. The summed E-state index contributed by atoms with van der Waals surface area (Å²) in [4.78, 5) is 17.5. The molecule has 2 heterocycles. The fourth-order valence-electron chi connectivity index (χ4n) is 1.96. The Morgan fingerprint density at radius 3 is 2.78 bits per heavy atom. The Morgan fingerprint density at radius 1 is 1.13 bits per heavy atom. The highest BCUT2D eigenvalue weighted by Crippen LogP contribution is 2.27. The summed E-state index contributed by atoms with van der Waals surface area (Å²) >= 11 is 3.11. The average molecular weight is 344 g/mol. The molecular weight excluding hydrogens is 328 g/mol. The number of amides is 1. The minimum Gasteiger partial charge on any atom is -0.494 e. The van der Waals surface area contributed by atoms with E-state index in [4.69, 9.17) is 4.74 Å². The van der Waals surface area contributed by atoms with Crippen LogP contribution < -0.4 is 10.1 Å². The number of benzene rings is 1. The molecule has 0 bridgehead atoms. The molecule has 4 nitrogen and oxygen atoms in total. The van der Waals surface area contributed by atoms with Crippen LogP contribution in [0.2, 0.25) is 0 Å². The summed E-state index contributed by atoms with van der Waals surface area (Å²) in [6.07, 6.45) is 0.753. The number of rotatable bonds is 7. The van der Waals surface area contributed by atoms with E-state index in [9.17, 15) is 4.79 Å². The van der Waals surface area contributed by atoms with E-state index in [1.807, 2.05) is 47.8 Å². The number of carbonyl (C=O) groups excluding carboxylic acids is 1. The molecule has 1 aromatic carbocycles. The van der Waals surface area contributed by atoms with Crippen LogP contribution in [0.25, 0.3) is 9.88 Å². The molecule has 118 valence electrons. The second kappa shape index (κ2) is 7.89. The molecule has 2 aromatic heterocycles. The monoisotopic (exact) mass is 344 g/mol. The van der Waals surface area contributed by atoms with E-state index < -0.39 is 0 Å². The van der Waals surface area contributed by atoms with Gasteiger partial charge in [-0.15, -0.1) is 22.7 Å². The predicted molar refractivity (Wildman–Crippen MR) is 94.3 cm³/mol. The number of carbonyl (C=O) groups is 1. The van der Waals surface area contributed by atoms with E-state index in [1.54, 1.807) is 16.7 Å². The molecule has 1 amide bonds. The molecule has 3 aromatic rings. The SMILES string of the molecule is O=C(NCCCOc1ccccc1)c1csc(-c2cccs2)n1. The van der Waals surface area contributed by atoms with Crippen LogP contribution in [-0.2, 0) is 0 Å².